The van der Waals surface area contributed by atoms with E-state index in [-0.39, 0.29) is 12.0 Å². The summed E-state index contributed by atoms with van der Waals surface area (Å²) in [6, 6.07) is 7.45. The molecule has 1 aromatic carbocycles. The van der Waals surface area contributed by atoms with Gasteiger partial charge in [-0.3, -0.25) is 4.79 Å². The van der Waals surface area contributed by atoms with Gasteiger partial charge in [0.15, 0.2) is 0 Å². The minimum atomic E-state index is 0.0164. The highest BCUT2D eigenvalue weighted by Crippen LogP contribution is 2.10. The van der Waals surface area contributed by atoms with Gasteiger partial charge in [0.25, 0.3) is 0 Å². The quantitative estimate of drug-likeness (QED) is 0.558. The van der Waals surface area contributed by atoms with Crippen LogP contribution in [0.15, 0.2) is 24.3 Å². The molecule has 1 amide bonds. The van der Waals surface area contributed by atoms with Crippen molar-refractivity contribution in [2.75, 3.05) is 18.9 Å². The molecule has 0 fully saturated rings. The maximum Gasteiger partial charge on any atom is 0.224 e. The van der Waals surface area contributed by atoms with E-state index in [1.807, 2.05) is 38.1 Å². The fraction of sp³-hybridized carbons (Fsp3) is 0.533. The molecule has 0 bridgehead atoms. The lowest BCUT2D eigenvalue weighted by atomic mass is 10.1. The summed E-state index contributed by atoms with van der Waals surface area (Å²) >= 11 is 0. The van der Waals surface area contributed by atoms with Crippen LogP contribution in [0, 0.1) is 0 Å². The molecule has 0 atom stereocenters. The number of para-hydroxylation sites is 1. The highest BCUT2D eigenvalue weighted by molar-refractivity contribution is 5.80. The second-order valence-corrected chi connectivity index (χ2v) is 4.85. The van der Waals surface area contributed by atoms with Crippen LogP contribution in [-0.4, -0.2) is 25.2 Å². The van der Waals surface area contributed by atoms with E-state index in [1.54, 1.807) is 0 Å². The van der Waals surface area contributed by atoms with Crippen molar-refractivity contribution in [3.63, 3.8) is 0 Å². The number of ether oxygens (including phenoxy) is 1. The van der Waals surface area contributed by atoms with Crippen molar-refractivity contribution < 1.29 is 9.53 Å². The molecule has 19 heavy (non-hydrogen) atoms. The Morgan fingerprint density at radius 3 is 2.74 bits per heavy atom. The van der Waals surface area contributed by atoms with Crippen molar-refractivity contribution in [1.82, 2.24) is 5.32 Å². The smallest absolute Gasteiger partial charge is 0.224 e. The van der Waals surface area contributed by atoms with Gasteiger partial charge in [0, 0.05) is 18.8 Å². The molecule has 0 saturated heterocycles. The molecule has 4 nitrogen and oxygen atoms in total. The van der Waals surface area contributed by atoms with Crippen molar-refractivity contribution in [3.8, 4) is 0 Å². The molecule has 0 unspecified atom stereocenters. The number of hydrogen-bond donors (Lipinski definition) is 2. The maximum atomic E-state index is 11.7. The molecular formula is C15H24N2O2. The summed E-state index contributed by atoms with van der Waals surface area (Å²) in [5.74, 6) is 0.0164. The van der Waals surface area contributed by atoms with E-state index >= 15 is 0 Å². The zero-order valence-electron chi connectivity index (χ0n) is 11.8. The molecular weight excluding hydrogens is 240 g/mol. The summed E-state index contributed by atoms with van der Waals surface area (Å²) in [6.07, 6.45) is 2.51. The number of carbonyl (C=O) groups is 1. The second kappa shape index (κ2) is 8.53. The third-order valence-electron chi connectivity index (χ3n) is 2.75. The van der Waals surface area contributed by atoms with Gasteiger partial charge >= 0.3 is 0 Å². The molecule has 0 spiro atoms. The van der Waals surface area contributed by atoms with Crippen LogP contribution in [0.3, 0.4) is 0 Å². The van der Waals surface area contributed by atoms with Crippen LogP contribution in [0.1, 0.15) is 32.3 Å². The molecule has 1 rings (SSSR count). The first kappa shape index (κ1) is 15.5. The third-order valence-corrected chi connectivity index (χ3v) is 2.75. The Morgan fingerprint density at radius 1 is 1.32 bits per heavy atom. The first-order chi connectivity index (χ1) is 9.09. The lowest BCUT2D eigenvalue weighted by Gasteiger charge is -2.08. The number of carbonyl (C=O) groups excluding carboxylic acids is 1. The Labute approximate surface area is 115 Å². The van der Waals surface area contributed by atoms with Crippen LogP contribution in [0.2, 0.25) is 0 Å². The number of nitrogens with two attached hydrogens (primary N) is 1. The Balaban J connectivity index is 2.13. The fourth-order valence-corrected chi connectivity index (χ4v) is 1.70. The van der Waals surface area contributed by atoms with E-state index in [2.05, 4.69) is 5.32 Å². The Hall–Kier alpha value is -1.55. The standard InChI is InChI=1S/C15H24N2O2/c1-12(2)19-10-6-5-9-17-15(18)11-13-7-3-4-8-14(13)16/h3-4,7-8,12H,5-6,9-11,16H2,1-2H3,(H,17,18). The highest BCUT2D eigenvalue weighted by atomic mass is 16.5. The lowest BCUT2D eigenvalue weighted by molar-refractivity contribution is -0.120. The SMILES string of the molecule is CC(C)OCCCCNC(=O)Cc1ccccc1N. The number of nitrogens with one attached hydrogen (secondary N) is 1. The highest BCUT2D eigenvalue weighted by Gasteiger charge is 2.05. The van der Waals surface area contributed by atoms with Crippen molar-refractivity contribution in [1.29, 1.82) is 0 Å². The van der Waals surface area contributed by atoms with Crippen LogP contribution >= 0.6 is 0 Å². The van der Waals surface area contributed by atoms with Gasteiger partial charge in [-0.25, -0.2) is 0 Å². The van der Waals surface area contributed by atoms with E-state index in [1.165, 1.54) is 0 Å². The molecule has 0 heterocycles. The summed E-state index contributed by atoms with van der Waals surface area (Å²) in [5, 5.41) is 2.90. The predicted molar refractivity (Wildman–Crippen MR) is 77.9 cm³/mol. The van der Waals surface area contributed by atoms with E-state index in [9.17, 15) is 4.79 Å². The van der Waals surface area contributed by atoms with E-state index < -0.39 is 0 Å². The van der Waals surface area contributed by atoms with Crippen molar-refractivity contribution in [2.45, 2.75) is 39.2 Å². The topological polar surface area (TPSA) is 64.3 Å². The van der Waals surface area contributed by atoms with Gasteiger partial charge in [-0.2, -0.15) is 0 Å². The average molecular weight is 264 g/mol. The molecule has 0 aromatic heterocycles. The normalized spacial score (nSPS) is 10.7. The summed E-state index contributed by atoms with van der Waals surface area (Å²) in [4.78, 5) is 11.7. The monoisotopic (exact) mass is 264 g/mol. The van der Waals surface area contributed by atoms with Gasteiger partial charge in [0.05, 0.1) is 12.5 Å². The zero-order chi connectivity index (χ0) is 14.1. The van der Waals surface area contributed by atoms with Crippen molar-refractivity contribution in [3.05, 3.63) is 29.8 Å². The van der Waals surface area contributed by atoms with Crippen LogP contribution in [0.5, 0.6) is 0 Å². The Morgan fingerprint density at radius 2 is 2.05 bits per heavy atom. The van der Waals surface area contributed by atoms with Crippen molar-refractivity contribution >= 4 is 11.6 Å². The first-order valence-corrected chi connectivity index (χ1v) is 6.81. The Bertz CT molecular complexity index is 391. The van der Waals surface area contributed by atoms with E-state index in [0.29, 0.717) is 18.7 Å². The van der Waals surface area contributed by atoms with Gasteiger partial charge in [-0.15, -0.1) is 0 Å². The maximum absolute atomic E-state index is 11.7. The first-order valence-electron chi connectivity index (χ1n) is 6.81. The third kappa shape index (κ3) is 6.82. The predicted octanol–water partition coefficient (Wildman–Crippen LogP) is 2.13. The summed E-state index contributed by atoms with van der Waals surface area (Å²) in [6.45, 7) is 5.48. The van der Waals surface area contributed by atoms with Crippen LogP contribution in [-0.2, 0) is 16.0 Å². The van der Waals surface area contributed by atoms with Crippen LogP contribution in [0.25, 0.3) is 0 Å². The van der Waals surface area contributed by atoms with E-state index in [0.717, 1.165) is 25.0 Å². The largest absolute Gasteiger partial charge is 0.398 e. The lowest BCUT2D eigenvalue weighted by Crippen LogP contribution is -2.26. The number of amides is 1. The van der Waals surface area contributed by atoms with Gasteiger partial charge < -0.3 is 15.8 Å². The second-order valence-electron chi connectivity index (χ2n) is 4.85. The molecule has 1 aromatic rings. The van der Waals surface area contributed by atoms with E-state index in [4.69, 9.17) is 10.5 Å². The summed E-state index contributed by atoms with van der Waals surface area (Å²) < 4.78 is 5.43. The minimum Gasteiger partial charge on any atom is -0.398 e. The number of anilines is 1. The molecule has 0 aliphatic rings. The molecule has 0 radical (unpaired) electrons. The number of nitrogen functional groups attached to an aromatic ring is 1. The van der Waals surface area contributed by atoms with Gasteiger partial charge in [0.1, 0.15) is 0 Å². The van der Waals surface area contributed by atoms with Crippen LogP contribution in [0.4, 0.5) is 5.69 Å². The van der Waals surface area contributed by atoms with Gasteiger partial charge in [-0.05, 0) is 38.3 Å². The molecule has 0 aliphatic carbocycles. The molecule has 0 saturated carbocycles. The molecule has 0 aliphatic heterocycles. The summed E-state index contributed by atoms with van der Waals surface area (Å²) in [5.41, 5.74) is 7.34. The molecule has 3 N–H and O–H groups in total. The molecule has 106 valence electrons. The van der Waals surface area contributed by atoms with Crippen molar-refractivity contribution in [2.24, 2.45) is 0 Å². The average Bonchev–Trinajstić information content (AvgIpc) is 2.36. The number of unbranched alkanes of at least 4 members (excludes halogenated alkanes) is 1. The Kier molecular flexibility index (Phi) is 6.97. The zero-order valence-corrected chi connectivity index (χ0v) is 11.8. The summed E-state index contributed by atoms with van der Waals surface area (Å²) in [7, 11) is 0. The van der Waals surface area contributed by atoms with Gasteiger partial charge in [0.2, 0.25) is 5.91 Å². The molecule has 4 heteroatoms. The van der Waals surface area contributed by atoms with Crippen LogP contribution < -0.4 is 11.1 Å². The fourth-order valence-electron chi connectivity index (χ4n) is 1.70. The number of benzene rings is 1. The number of rotatable bonds is 8. The minimum absolute atomic E-state index is 0.0164. The van der Waals surface area contributed by atoms with Gasteiger partial charge in [-0.1, -0.05) is 18.2 Å². The number of hydrogen-bond acceptors (Lipinski definition) is 3.